The van der Waals surface area contributed by atoms with Crippen molar-refractivity contribution in [3.8, 4) is 0 Å². The molecule has 0 aliphatic rings. The molecule has 0 nitrogen and oxygen atoms in total. The minimum absolute atomic E-state index is 1.32. The van der Waals surface area contributed by atoms with Crippen molar-refractivity contribution in [2.75, 3.05) is 0 Å². The molecule has 0 N–H and O–H groups in total. The molecule has 0 aromatic heterocycles. The third kappa shape index (κ3) is 80.6. The number of unbranched alkanes of at least 4 members (excludes halogenated alkanes) is 5. The Morgan fingerprint density at radius 3 is 0.800 bits per heavy atom. The standard InChI is InChI=1S/C7H16.C4H10.2C2H6/c1-3-5-7-6-4-2;1-3-4-2;2*1-2/h3-7H2,1-2H3;3-4H2,1-2H3;2*1-2H3. The van der Waals surface area contributed by atoms with Gasteiger partial charge in [-0.25, -0.2) is 0 Å². The van der Waals surface area contributed by atoms with E-state index in [-0.39, 0.29) is 0 Å². The second-order valence-electron chi connectivity index (χ2n) is 3.06. The molecule has 0 rings (SSSR count). The molecule has 0 bridgehead atoms. The monoisotopic (exact) mass is 218 g/mol. The summed E-state index contributed by atoms with van der Waals surface area (Å²) in [4.78, 5) is 0. The van der Waals surface area contributed by atoms with Crippen LogP contribution in [0.4, 0.5) is 0 Å². The first-order chi connectivity index (χ1) is 7.33. The van der Waals surface area contributed by atoms with E-state index in [0.717, 1.165) is 0 Å². The lowest BCUT2D eigenvalue weighted by atomic mass is 10.2. The third-order valence-corrected chi connectivity index (χ3v) is 1.71. The maximum atomic E-state index is 2.25. The van der Waals surface area contributed by atoms with Gasteiger partial charge in [-0.2, -0.15) is 0 Å². The normalized spacial score (nSPS) is 7.20. The number of hydrogen-bond acceptors (Lipinski definition) is 0. The van der Waals surface area contributed by atoms with Gasteiger partial charge in [-0.05, 0) is 0 Å². The van der Waals surface area contributed by atoms with Crippen LogP contribution in [-0.2, 0) is 0 Å². The minimum atomic E-state index is 1.32. The van der Waals surface area contributed by atoms with Crippen molar-refractivity contribution in [3.63, 3.8) is 0 Å². The Morgan fingerprint density at radius 1 is 0.400 bits per heavy atom. The Balaban J connectivity index is -0.0000000647. The van der Waals surface area contributed by atoms with Crippen molar-refractivity contribution < 1.29 is 0 Å². The summed E-state index contributed by atoms with van der Waals surface area (Å²) in [6.07, 6.45) is 9.65. The van der Waals surface area contributed by atoms with Crippen LogP contribution in [0.15, 0.2) is 0 Å². The van der Waals surface area contributed by atoms with Crippen molar-refractivity contribution in [2.45, 2.75) is 100 Å². The maximum Gasteiger partial charge on any atom is -0.0533 e. The van der Waals surface area contributed by atoms with Gasteiger partial charge in [0.25, 0.3) is 0 Å². The van der Waals surface area contributed by atoms with E-state index in [1.54, 1.807) is 0 Å². The van der Waals surface area contributed by atoms with Crippen LogP contribution in [0.5, 0.6) is 0 Å². The topological polar surface area (TPSA) is 0 Å². The van der Waals surface area contributed by atoms with Crippen LogP contribution in [0, 0.1) is 0 Å². The van der Waals surface area contributed by atoms with Crippen molar-refractivity contribution in [3.05, 3.63) is 0 Å². The molecule has 0 spiro atoms. The van der Waals surface area contributed by atoms with Crippen LogP contribution < -0.4 is 0 Å². The first kappa shape index (κ1) is 24.3. The second kappa shape index (κ2) is 48.3. The maximum absolute atomic E-state index is 2.25. The Morgan fingerprint density at radius 2 is 0.667 bits per heavy atom. The fourth-order valence-electron chi connectivity index (χ4n) is 0.677. The van der Waals surface area contributed by atoms with Crippen LogP contribution in [0.1, 0.15) is 100 Å². The van der Waals surface area contributed by atoms with Crippen molar-refractivity contribution >= 4 is 0 Å². The third-order valence-electron chi connectivity index (χ3n) is 1.71. The zero-order valence-corrected chi connectivity index (χ0v) is 12.9. The summed E-state index contributed by atoms with van der Waals surface area (Å²) >= 11 is 0. The number of rotatable bonds is 5. The highest BCUT2D eigenvalue weighted by atomic mass is 13.9. The van der Waals surface area contributed by atoms with Gasteiger partial charge >= 0.3 is 0 Å². The molecule has 0 amide bonds. The van der Waals surface area contributed by atoms with E-state index in [4.69, 9.17) is 0 Å². The van der Waals surface area contributed by atoms with E-state index < -0.39 is 0 Å². The average molecular weight is 218 g/mol. The Bertz CT molecular complexity index is 33.3. The molecule has 0 saturated heterocycles. The van der Waals surface area contributed by atoms with Crippen LogP contribution in [-0.4, -0.2) is 0 Å². The SMILES string of the molecule is CC.CC.CCCC.CCCCCCC. The van der Waals surface area contributed by atoms with Gasteiger partial charge in [-0.1, -0.05) is 100 Å². The molecule has 0 unspecified atom stereocenters. The van der Waals surface area contributed by atoms with E-state index >= 15 is 0 Å². The lowest BCUT2D eigenvalue weighted by Gasteiger charge is -1.90. The van der Waals surface area contributed by atoms with Crippen LogP contribution in [0.3, 0.4) is 0 Å². The predicted molar refractivity (Wildman–Crippen MR) is 77.7 cm³/mol. The van der Waals surface area contributed by atoms with Gasteiger partial charge < -0.3 is 0 Å². The smallest absolute Gasteiger partial charge is 0.0533 e. The van der Waals surface area contributed by atoms with Gasteiger partial charge in [0, 0.05) is 0 Å². The fraction of sp³-hybridized carbons (Fsp3) is 1.00. The molecule has 15 heavy (non-hydrogen) atoms. The lowest BCUT2D eigenvalue weighted by Crippen LogP contribution is -1.70. The quantitative estimate of drug-likeness (QED) is 0.443. The molecule has 0 heteroatoms. The fourth-order valence-corrected chi connectivity index (χ4v) is 0.677. The molecule has 0 aromatic carbocycles. The molecule has 0 atom stereocenters. The molecule has 0 heterocycles. The summed E-state index contributed by atoms with van der Waals surface area (Å²) in [5.41, 5.74) is 0. The van der Waals surface area contributed by atoms with Gasteiger partial charge in [-0.15, -0.1) is 0 Å². The van der Waals surface area contributed by atoms with E-state index in [1.807, 2.05) is 27.7 Å². The second-order valence-corrected chi connectivity index (χ2v) is 3.06. The Kier molecular flexibility index (Phi) is 78.2. The van der Waals surface area contributed by atoms with Crippen LogP contribution in [0.2, 0.25) is 0 Å². The Hall–Kier alpha value is 0. The van der Waals surface area contributed by atoms with E-state index in [0.29, 0.717) is 0 Å². The van der Waals surface area contributed by atoms with Crippen LogP contribution >= 0.6 is 0 Å². The van der Waals surface area contributed by atoms with Gasteiger partial charge in [-0.3, -0.25) is 0 Å². The summed E-state index contributed by atoms with van der Waals surface area (Å²) in [7, 11) is 0. The summed E-state index contributed by atoms with van der Waals surface area (Å²) in [6.45, 7) is 16.9. The van der Waals surface area contributed by atoms with Crippen LogP contribution in [0.25, 0.3) is 0 Å². The van der Waals surface area contributed by atoms with Crippen molar-refractivity contribution in [2.24, 2.45) is 0 Å². The molecular formula is C15H38. The summed E-state index contributed by atoms with van der Waals surface area (Å²) < 4.78 is 0. The summed E-state index contributed by atoms with van der Waals surface area (Å²) in [5, 5.41) is 0. The molecule has 0 aliphatic heterocycles. The minimum Gasteiger partial charge on any atom is -0.0683 e. The van der Waals surface area contributed by atoms with E-state index in [1.165, 1.54) is 44.9 Å². The zero-order chi connectivity index (χ0) is 12.9. The number of hydrogen-bond donors (Lipinski definition) is 0. The predicted octanol–water partition coefficient (Wildman–Crippen LogP) is 6.84. The molecule has 0 radical (unpaired) electrons. The van der Waals surface area contributed by atoms with Gasteiger partial charge in [0.2, 0.25) is 0 Å². The highest BCUT2D eigenvalue weighted by Gasteiger charge is 1.80. The molecular weight excluding hydrogens is 180 g/mol. The van der Waals surface area contributed by atoms with Crippen molar-refractivity contribution in [1.29, 1.82) is 0 Å². The average Bonchev–Trinajstić information content (AvgIpc) is 2.35. The molecule has 98 valence electrons. The lowest BCUT2D eigenvalue weighted by molar-refractivity contribution is 0.656. The summed E-state index contributed by atoms with van der Waals surface area (Å²) in [5.74, 6) is 0. The first-order valence-electron chi connectivity index (χ1n) is 7.33. The van der Waals surface area contributed by atoms with Gasteiger partial charge in [0.15, 0.2) is 0 Å². The highest BCUT2D eigenvalue weighted by Crippen LogP contribution is 2.00. The van der Waals surface area contributed by atoms with Gasteiger partial charge in [0.05, 0.1) is 0 Å². The Labute approximate surface area is 101 Å². The first-order valence-corrected chi connectivity index (χ1v) is 7.33. The van der Waals surface area contributed by atoms with Gasteiger partial charge in [0.1, 0.15) is 0 Å². The van der Waals surface area contributed by atoms with E-state index in [9.17, 15) is 0 Å². The van der Waals surface area contributed by atoms with Crippen molar-refractivity contribution in [1.82, 2.24) is 0 Å². The molecule has 0 fully saturated rings. The summed E-state index contributed by atoms with van der Waals surface area (Å²) in [6, 6.07) is 0. The zero-order valence-electron chi connectivity index (χ0n) is 12.9. The van der Waals surface area contributed by atoms with E-state index in [2.05, 4.69) is 27.7 Å². The highest BCUT2D eigenvalue weighted by molar-refractivity contribution is 4.35. The molecule has 0 aromatic rings. The largest absolute Gasteiger partial charge is 0.0683 e. The molecule has 0 aliphatic carbocycles. The molecule has 0 saturated carbocycles.